The number of hydrogen-bond acceptors (Lipinski definition) is 3. The minimum absolute atomic E-state index is 0.0691. The number of benzene rings is 1. The van der Waals surface area contributed by atoms with Gasteiger partial charge in [-0.1, -0.05) is 11.6 Å². The number of rotatable bonds is 3. The SMILES string of the molecule is O=C(NC1CC1)N[C@@H]1[C@@H]2C[C@@](O)(c3cc(Cl)cc4[nH]ncc34)C[C@@H]21. The third-order valence-electron chi connectivity index (χ3n) is 5.71. The lowest BCUT2D eigenvalue weighted by Gasteiger charge is -2.27. The average Bonchev–Trinajstić information content (AvgIpc) is 3.33. The molecule has 0 bridgehead atoms. The highest BCUT2D eigenvalue weighted by molar-refractivity contribution is 6.31. The molecule has 0 unspecified atom stereocenters. The van der Waals surface area contributed by atoms with Gasteiger partial charge in [-0.15, -0.1) is 0 Å². The first-order valence-electron chi connectivity index (χ1n) is 8.46. The Hall–Kier alpha value is -1.79. The number of aliphatic hydroxyl groups is 1. The number of hydrogen-bond donors (Lipinski definition) is 4. The molecule has 2 amide bonds. The number of nitrogens with one attached hydrogen (secondary N) is 3. The smallest absolute Gasteiger partial charge is 0.315 e. The second kappa shape index (κ2) is 4.86. The summed E-state index contributed by atoms with van der Waals surface area (Å²) >= 11 is 6.20. The molecule has 7 heteroatoms. The van der Waals surface area contributed by atoms with Crippen LogP contribution in [0.2, 0.25) is 5.02 Å². The summed E-state index contributed by atoms with van der Waals surface area (Å²) < 4.78 is 0. The summed E-state index contributed by atoms with van der Waals surface area (Å²) in [7, 11) is 0. The third-order valence-corrected chi connectivity index (χ3v) is 5.93. The van der Waals surface area contributed by atoms with Gasteiger partial charge in [0.1, 0.15) is 0 Å². The Morgan fingerprint density at radius 3 is 2.75 bits per heavy atom. The molecule has 0 aliphatic heterocycles. The molecule has 0 spiro atoms. The van der Waals surface area contributed by atoms with Crippen molar-refractivity contribution < 1.29 is 9.90 Å². The van der Waals surface area contributed by atoms with Crippen molar-refractivity contribution in [2.24, 2.45) is 11.8 Å². The summed E-state index contributed by atoms with van der Waals surface area (Å²) in [5, 5.41) is 25.7. The molecule has 0 radical (unpaired) electrons. The summed E-state index contributed by atoms with van der Waals surface area (Å²) in [6.45, 7) is 0. The molecule has 0 saturated heterocycles. The van der Waals surface area contributed by atoms with Gasteiger partial charge in [0.2, 0.25) is 0 Å². The Labute approximate surface area is 144 Å². The van der Waals surface area contributed by atoms with Gasteiger partial charge >= 0.3 is 6.03 Å². The number of nitrogens with zero attached hydrogens (tertiary/aromatic N) is 1. The molecule has 5 rings (SSSR count). The molecule has 24 heavy (non-hydrogen) atoms. The zero-order valence-electron chi connectivity index (χ0n) is 13.1. The zero-order valence-corrected chi connectivity index (χ0v) is 13.8. The molecular formula is C17H19ClN4O2. The number of carbonyl (C=O) groups excluding carboxylic acids is 1. The van der Waals surface area contributed by atoms with Crippen LogP contribution >= 0.6 is 11.6 Å². The Balaban J connectivity index is 1.32. The summed E-state index contributed by atoms with van der Waals surface area (Å²) in [5.41, 5.74) is 0.783. The number of aromatic amines is 1. The van der Waals surface area contributed by atoms with Gasteiger partial charge in [-0.05, 0) is 55.2 Å². The molecule has 3 aliphatic rings. The van der Waals surface area contributed by atoms with Crippen molar-refractivity contribution in [2.45, 2.75) is 43.4 Å². The van der Waals surface area contributed by atoms with Crippen LogP contribution in [0.15, 0.2) is 18.3 Å². The Morgan fingerprint density at radius 2 is 2.04 bits per heavy atom. The number of fused-ring (bicyclic) bond motifs is 2. The van der Waals surface area contributed by atoms with E-state index in [1.807, 2.05) is 12.1 Å². The first kappa shape index (κ1) is 14.5. The van der Waals surface area contributed by atoms with Crippen molar-refractivity contribution in [3.05, 3.63) is 28.9 Å². The van der Waals surface area contributed by atoms with E-state index in [-0.39, 0.29) is 12.1 Å². The largest absolute Gasteiger partial charge is 0.385 e. The Morgan fingerprint density at radius 1 is 1.29 bits per heavy atom. The molecule has 4 N–H and O–H groups in total. The fourth-order valence-electron chi connectivity index (χ4n) is 4.31. The number of urea groups is 1. The van der Waals surface area contributed by atoms with E-state index >= 15 is 0 Å². The summed E-state index contributed by atoms with van der Waals surface area (Å²) in [6.07, 6.45) is 5.20. The van der Waals surface area contributed by atoms with Gasteiger partial charge in [0.15, 0.2) is 0 Å². The predicted octanol–water partition coefficient (Wildman–Crippen LogP) is 2.27. The van der Waals surface area contributed by atoms with Gasteiger partial charge in [-0.2, -0.15) is 5.10 Å². The molecule has 4 atom stereocenters. The van der Waals surface area contributed by atoms with E-state index in [0.29, 0.717) is 35.7 Å². The normalized spacial score (nSPS) is 34.2. The summed E-state index contributed by atoms with van der Waals surface area (Å²) in [5.74, 6) is 0.668. The number of amides is 2. The molecule has 6 nitrogen and oxygen atoms in total. The lowest BCUT2D eigenvalue weighted by molar-refractivity contribution is 0.0299. The Kier molecular flexibility index (Phi) is 2.95. The van der Waals surface area contributed by atoms with Crippen LogP contribution in [0.4, 0.5) is 4.79 Å². The molecule has 2 aromatic rings. The highest BCUT2D eigenvalue weighted by Gasteiger charge is 2.62. The van der Waals surface area contributed by atoms with Crippen LogP contribution in [0.5, 0.6) is 0 Å². The van der Waals surface area contributed by atoms with Crippen LogP contribution < -0.4 is 10.6 Å². The standard InChI is InChI=1S/C17H19ClN4O2/c18-8-3-13(12-7-19-22-14(12)4-8)17(24)5-10-11(6-17)15(10)21-16(23)20-9-1-2-9/h3-4,7,9-11,15,24H,1-2,5-6H2,(H,19,22)(H2,20,21,23)/t10-,11+,15-,17+. The maximum absolute atomic E-state index is 11.9. The quantitative estimate of drug-likeness (QED) is 0.687. The van der Waals surface area contributed by atoms with Crippen molar-refractivity contribution in [1.82, 2.24) is 20.8 Å². The van der Waals surface area contributed by atoms with E-state index < -0.39 is 5.60 Å². The third kappa shape index (κ3) is 2.28. The molecule has 3 aliphatic carbocycles. The highest BCUT2D eigenvalue weighted by atomic mass is 35.5. The maximum Gasteiger partial charge on any atom is 0.315 e. The van der Waals surface area contributed by atoms with Crippen LogP contribution in [0.25, 0.3) is 10.9 Å². The van der Waals surface area contributed by atoms with E-state index in [4.69, 9.17) is 11.6 Å². The number of carbonyl (C=O) groups is 1. The van der Waals surface area contributed by atoms with Crippen molar-refractivity contribution >= 4 is 28.5 Å². The number of aromatic nitrogens is 2. The maximum atomic E-state index is 11.9. The molecule has 1 aromatic carbocycles. The second-order valence-electron chi connectivity index (χ2n) is 7.47. The van der Waals surface area contributed by atoms with Crippen LogP contribution in [0.1, 0.15) is 31.2 Å². The second-order valence-corrected chi connectivity index (χ2v) is 7.91. The van der Waals surface area contributed by atoms with Gasteiger partial charge in [0.25, 0.3) is 0 Å². The predicted molar refractivity (Wildman–Crippen MR) is 89.7 cm³/mol. The minimum Gasteiger partial charge on any atom is -0.385 e. The van der Waals surface area contributed by atoms with Crippen LogP contribution in [-0.4, -0.2) is 33.4 Å². The van der Waals surface area contributed by atoms with Crippen LogP contribution in [-0.2, 0) is 5.60 Å². The van der Waals surface area contributed by atoms with E-state index in [0.717, 1.165) is 29.3 Å². The molecule has 3 fully saturated rings. The van der Waals surface area contributed by atoms with E-state index in [2.05, 4.69) is 20.8 Å². The van der Waals surface area contributed by atoms with Crippen LogP contribution in [0.3, 0.4) is 0 Å². The minimum atomic E-state index is -0.895. The zero-order chi connectivity index (χ0) is 16.5. The number of halogens is 1. The van der Waals surface area contributed by atoms with E-state index in [1.54, 1.807) is 6.20 Å². The van der Waals surface area contributed by atoms with Crippen molar-refractivity contribution in [1.29, 1.82) is 0 Å². The molecule has 3 saturated carbocycles. The van der Waals surface area contributed by atoms with Gasteiger partial charge in [-0.3, -0.25) is 5.10 Å². The monoisotopic (exact) mass is 346 g/mol. The molecule has 1 heterocycles. The van der Waals surface area contributed by atoms with Gasteiger partial charge < -0.3 is 15.7 Å². The fourth-order valence-corrected chi connectivity index (χ4v) is 4.52. The molecule has 126 valence electrons. The molecule has 1 aromatic heterocycles. The first-order valence-corrected chi connectivity index (χ1v) is 8.84. The van der Waals surface area contributed by atoms with Crippen molar-refractivity contribution in [3.63, 3.8) is 0 Å². The lowest BCUT2D eigenvalue weighted by Crippen LogP contribution is -2.40. The van der Waals surface area contributed by atoms with Crippen molar-refractivity contribution in [2.75, 3.05) is 0 Å². The first-order chi connectivity index (χ1) is 11.5. The lowest BCUT2D eigenvalue weighted by atomic mass is 9.86. The van der Waals surface area contributed by atoms with E-state index in [1.165, 1.54) is 0 Å². The van der Waals surface area contributed by atoms with Gasteiger partial charge in [0, 0.05) is 22.5 Å². The summed E-state index contributed by atoms with van der Waals surface area (Å²) in [4.78, 5) is 11.9. The van der Waals surface area contributed by atoms with Crippen molar-refractivity contribution in [3.8, 4) is 0 Å². The van der Waals surface area contributed by atoms with Crippen LogP contribution in [0, 0.1) is 11.8 Å². The summed E-state index contributed by atoms with van der Waals surface area (Å²) in [6, 6.07) is 4.13. The molecular weight excluding hydrogens is 328 g/mol. The highest BCUT2D eigenvalue weighted by Crippen LogP contribution is 2.60. The van der Waals surface area contributed by atoms with E-state index in [9.17, 15) is 9.90 Å². The Bertz CT molecular complexity index is 819. The van der Waals surface area contributed by atoms with Gasteiger partial charge in [0.05, 0.1) is 17.3 Å². The number of H-pyrrole nitrogens is 1. The average molecular weight is 347 g/mol. The fraction of sp³-hybridized carbons (Fsp3) is 0.529. The van der Waals surface area contributed by atoms with Gasteiger partial charge in [-0.25, -0.2) is 4.79 Å². The topological polar surface area (TPSA) is 90.0 Å².